The predicted molar refractivity (Wildman–Crippen MR) is 154 cm³/mol. The number of nitrogens with zero attached hydrogens (tertiary/aromatic N) is 7. The number of benzene rings is 1. The number of pyridine rings is 1. The van der Waals surface area contributed by atoms with Crippen LogP contribution in [0.1, 0.15) is 55.4 Å². The van der Waals surface area contributed by atoms with Gasteiger partial charge in [0.15, 0.2) is 17.4 Å². The SMILES string of the molecule is CC(C)N1CCOc2c(F)cc(-c3nc(Cc4ccc(C5CCN(CCN(C)C)CC5)c(C#N)n4)ncc3F)cc21. The zero-order chi connectivity index (χ0) is 29.1. The molecule has 0 atom stereocenters. The number of ether oxygens (including phenoxy) is 1. The second kappa shape index (κ2) is 12.5. The number of anilines is 1. The van der Waals surface area contributed by atoms with E-state index in [1.165, 1.54) is 6.07 Å². The van der Waals surface area contributed by atoms with Crippen LogP contribution in [0.5, 0.6) is 5.75 Å². The lowest BCUT2D eigenvalue weighted by Crippen LogP contribution is -2.38. The van der Waals surface area contributed by atoms with Crippen molar-refractivity contribution in [3.8, 4) is 23.1 Å². The van der Waals surface area contributed by atoms with Gasteiger partial charge in [0, 0.05) is 30.4 Å². The Morgan fingerprint density at radius 3 is 2.59 bits per heavy atom. The quantitative estimate of drug-likeness (QED) is 0.394. The summed E-state index contributed by atoms with van der Waals surface area (Å²) in [6, 6.07) is 9.26. The average Bonchev–Trinajstić information content (AvgIpc) is 2.97. The van der Waals surface area contributed by atoms with E-state index in [-0.39, 0.29) is 23.9 Å². The fourth-order valence-electron chi connectivity index (χ4n) is 5.66. The van der Waals surface area contributed by atoms with Crippen molar-refractivity contribution in [3.63, 3.8) is 0 Å². The number of halogens is 2. The minimum absolute atomic E-state index is 0.0177. The smallest absolute Gasteiger partial charge is 0.178 e. The van der Waals surface area contributed by atoms with Gasteiger partial charge in [-0.3, -0.25) is 0 Å². The second-order valence-electron chi connectivity index (χ2n) is 11.4. The lowest BCUT2D eigenvalue weighted by Gasteiger charge is -2.34. The number of likely N-dealkylation sites (tertiary alicyclic amines) is 1. The Kier molecular flexibility index (Phi) is 8.76. The maximum absolute atomic E-state index is 15.0. The van der Waals surface area contributed by atoms with Gasteiger partial charge in [0.25, 0.3) is 0 Å². The van der Waals surface area contributed by atoms with Crippen LogP contribution in [0.2, 0.25) is 0 Å². The molecule has 0 N–H and O–H groups in total. The molecule has 0 spiro atoms. The monoisotopic (exact) mass is 561 g/mol. The molecule has 1 saturated heterocycles. The van der Waals surface area contributed by atoms with Crippen molar-refractivity contribution in [2.75, 3.05) is 58.3 Å². The molecule has 0 unspecified atom stereocenters. The first kappa shape index (κ1) is 28.8. The van der Waals surface area contributed by atoms with Crippen molar-refractivity contribution in [2.24, 2.45) is 0 Å². The Bertz CT molecular complexity index is 1430. The van der Waals surface area contributed by atoms with E-state index in [1.807, 2.05) is 30.9 Å². The molecule has 2 aliphatic heterocycles. The highest BCUT2D eigenvalue weighted by molar-refractivity contribution is 5.72. The molecule has 216 valence electrons. The number of nitriles is 1. The van der Waals surface area contributed by atoms with Crippen molar-refractivity contribution in [2.45, 2.75) is 45.1 Å². The summed E-state index contributed by atoms with van der Waals surface area (Å²) in [6.07, 6.45) is 3.31. The van der Waals surface area contributed by atoms with Gasteiger partial charge in [0.2, 0.25) is 0 Å². The molecule has 0 saturated carbocycles. The van der Waals surface area contributed by atoms with Gasteiger partial charge >= 0.3 is 0 Å². The molecule has 4 heterocycles. The molecule has 0 aliphatic carbocycles. The topological polar surface area (TPSA) is 81.4 Å². The van der Waals surface area contributed by atoms with Gasteiger partial charge in [-0.2, -0.15) is 5.26 Å². The summed E-state index contributed by atoms with van der Waals surface area (Å²) in [5, 5.41) is 9.89. The van der Waals surface area contributed by atoms with Gasteiger partial charge in [-0.05, 0) is 83.6 Å². The highest BCUT2D eigenvalue weighted by Crippen LogP contribution is 2.39. The number of rotatable bonds is 8. The predicted octanol–water partition coefficient (Wildman–Crippen LogP) is 4.63. The van der Waals surface area contributed by atoms with Crippen molar-refractivity contribution in [1.29, 1.82) is 5.26 Å². The van der Waals surface area contributed by atoms with Crippen LogP contribution in [0.15, 0.2) is 30.5 Å². The molecule has 0 bridgehead atoms. The van der Waals surface area contributed by atoms with Crippen LogP contribution >= 0.6 is 0 Å². The molecular formula is C31H37F2N7O. The summed E-state index contributed by atoms with van der Waals surface area (Å²) in [5.41, 5.74) is 2.94. The standard InChI is InChI=1S/C31H37F2N7O/c1-20(2)40-13-14-41-31-25(32)15-22(16-28(31)40)30-26(33)19-35-29(37-30)17-23-5-6-24(27(18-34)36-23)21-7-9-39(10-8-21)12-11-38(3)4/h5-6,15-16,19-21H,7-14,17H2,1-4H3. The Morgan fingerprint density at radius 2 is 1.88 bits per heavy atom. The summed E-state index contributed by atoms with van der Waals surface area (Å²) >= 11 is 0. The molecule has 0 amide bonds. The third kappa shape index (κ3) is 6.47. The van der Waals surface area contributed by atoms with E-state index in [0.717, 1.165) is 50.8 Å². The van der Waals surface area contributed by atoms with E-state index >= 15 is 4.39 Å². The third-order valence-electron chi connectivity index (χ3n) is 7.92. The molecule has 2 aliphatic rings. The van der Waals surface area contributed by atoms with Crippen molar-refractivity contribution >= 4 is 5.69 Å². The number of likely N-dealkylation sites (N-methyl/N-ethyl adjacent to an activating group) is 1. The minimum atomic E-state index is -0.640. The first-order valence-corrected chi connectivity index (χ1v) is 14.2. The average molecular weight is 562 g/mol. The van der Waals surface area contributed by atoms with Gasteiger partial charge in [-0.1, -0.05) is 6.07 Å². The van der Waals surface area contributed by atoms with Crippen LogP contribution in [0.25, 0.3) is 11.3 Å². The lowest BCUT2D eigenvalue weighted by molar-refractivity contribution is 0.193. The van der Waals surface area contributed by atoms with Crippen molar-refractivity contribution in [1.82, 2.24) is 24.8 Å². The van der Waals surface area contributed by atoms with Gasteiger partial charge in [0.1, 0.15) is 29.9 Å². The van der Waals surface area contributed by atoms with Gasteiger partial charge in [0.05, 0.1) is 24.8 Å². The zero-order valence-corrected chi connectivity index (χ0v) is 24.2. The maximum atomic E-state index is 15.0. The number of piperidine rings is 1. The molecule has 5 rings (SSSR count). The van der Waals surface area contributed by atoms with E-state index in [9.17, 15) is 9.65 Å². The highest BCUT2D eigenvalue weighted by atomic mass is 19.1. The molecule has 3 aromatic rings. The number of hydrogen-bond donors (Lipinski definition) is 0. The van der Waals surface area contributed by atoms with E-state index in [2.05, 4.69) is 44.9 Å². The molecular weight excluding hydrogens is 524 g/mol. The summed E-state index contributed by atoms with van der Waals surface area (Å²) in [7, 11) is 4.17. The molecule has 2 aromatic heterocycles. The molecule has 0 radical (unpaired) electrons. The fraction of sp³-hybridized carbons (Fsp3) is 0.484. The molecule has 10 heteroatoms. The molecule has 41 heavy (non-hydrogen) atoms. The Labute approximate surface area is 240 Å². The van der Waals surface area contributed by atoms with Gasteiger partial charge in [-0.15, -0.1) is 0 Å². The molecule has 8 nitrogen and oxygen atoms in total. The van der Waals surface area contributed by atoms with Gasteiger partial charge in [-0.25, -0.2) is 23.7 Å². The maximum Gasteiger partial charge on any atom is 0.178 e. The van der Waals surface area contributed by atoms with Crippen LogP contribution in [-0.2, 0) is 6.42 Å². The van der Waals surface area contributed by atoms with Crippen molar-refractivity contribution in [3.05, 3.63) is 64.9 Å². The molecule has 1 aromatic carbocycles. The van der Waals surface area contributed by atoms with E-state index in [0.29, 0.717) is 47.5 Å². The Hall–Kier alpha value is -3.68. The largest absolute Gasteiger partial charge is 0.486 e. The van der Waals surface area contributed by atoms with E-state index in [4.69, 9.17) is 4.74 Å². The number of fused-ring (bicyclic) bond motifs is 1. The van der Waals surface area contributed by atoms with E-state index in [1.54, 1.807) is 6.07 Å². The fourth-order valence-corrected chi connectivity index (χ4v) is 5.66. The zero-order valence-electron chi connectivity index (χ0n) is 24.2. The number of aromatic nitrogens is 3. The first-order chi connectivity index (χ1) is 19.7. The normalized spacial score (nSPS) is 16.1. The Balaban J connectivity index is 1.35. The summed E-state index contributed by atoms with van der Waals surface area (Å²) in [6.45, 7) is 9.12. The first-order valence-electron chi connectivity index (χ1n) is 14.2. The summed E-state index contributed by atoms with van der Waals surface area (Å²) in [4.78, 5) is 20.0. The summed E-state index contributed by atoms with van der Waals surface area (Å²) in [5.74, 6) is -0.379. The van der Waals surface area contributed by atoms with Crippen LogP contribution in [0.4, 0.5) is 14.5 Å². The van der Waals surface area contributed by atoms with Crippen LogP contribution in [-0.4, -0.2) is 84.2 Å². The Morgan fingerprint density at radius 1 is 1.10 bits per heavy atom. The molecule has 1 fully saturated rings. The van der Waals surface area contributed by atoms with Crippen molar-refractivity contribution < 1.29 is 13.5 Å². The highest BCUT2D eigenvalue weighted by Gasteiger charge is 2.26. The second-order valence-corrected chi connectivity index (χ2v) is 11.4. The van der Waals surface area contributed by atoms with Crippen LogP contribution < -0.4 is 9.64 Å². The third-order valence-corrected chi connectivity index (χ3v) is 7.92. The number of hydrogen-bond acceptors (Lipinski definition) is 8. The van der Waals surface area contributed by atoms with E-state index < -0.39 is 11.6 Å². The van der Waals surface area contributed by atoms with Crippen LogP contribution in [0, 0.1) is 23.0 Å². The van der Waals surface area contributed by atoms with Gasteiger partial charge < -0.3 is 19.4 Å². The minimum Gasteiger partial charge on any atom is -0.486 e. The lowest BCUT2D eigenvalue weighted by atomic mass is 9.88. The summed E-state index contributed by atoms with van der Waals surface area (Å²) < 4.78 is 35.6. The van der Waals surface area contributed by atoms with Crippen LogP contribution in [0.3, 0.4) is 0 Å².